The Hall–Kier alpha value is -3.16. The summed E-state index contributed by atoms with van der Waals surface area (Å²) in [5, 5.41) is 2.78. The first kappa shape index (κ1) is 25.5. The van der Waals surface area contributed by atoms with Gasteiger partial charge in [-0.1, -0.05) is 81.9 Å². The highest BCUT2D eigenvalue weighted by Crippen LogP contribution is 2.22. The molecule has 0 radical (unpaired) electrons. The lowest BCUT2D eigenvalue weighted by Crippen LogP contribution is -2.19. The summed E-state index contributed by atoms with van der Waals surface area (Å²) in [6.07, 6.45) is 6.36. The summed E-state index contributed by atoms with van der Waals surface area (Å²) in [6, 6.07) is 15.3. The minimum atomic E-state index is -0.440. The zero-order chi connectivity index (χ0) is 24.3. The Morgan fingerprint density at radius 2 is 1.85 bits per heavy atom. The Kier molecular flexibility index (Phi) is 9.67. The highest BCUT2D eigenvalue weighted by Gasteiger charge is 2.10. The highest BCUT2D eigenvalue weighted by molar-refractivity contribution is 6.05. The van der Waals surface area contributed by atoms with Crippen molar-refractivity contribution in [2.24, 2.45) is 16.8 Å². The van der Waals surface area contributed by atoms with Crippen LogP contribution in [-0.2, 0) is 11.3 Å². The molecule has 0 saturated heterocycles. The van der Waals surface area contributed by atoms with Crippen molar-refractivity contribution in [3.05, 3.63) is 77.4 Å². The van der Waals surface area contributed by atoms with Crippen molar-refractivity contribution < 1.29 is 9.53 Å². The van der Waals surface area contributed by atoms with E-state index in [1.807, 2.05) is 55.5 Å². The Morgan fingerprint density at radius 1 is 1.12 bits per heavy atom. The van der Waals surface area contributed by atoms with Crippen molar-refractivity contribution >= 4 is 17.4 Å². The van der Waals surface area contributed by atoms with E-state index in [0.717, 1.165) is 22.3 Å². The highest BCUT2D eigenvalue weighted by atomic mass is 16.5. The molecule has 4 nitrogen and oxygen atoms in total. The van der Waals surface area contributed by atoms with Gasteiger partial charge in [0.15, 0.2) is 0 Å². The van der Waals surface area contributed by atoms with Crippen LogP contribution in [0.25, 0.3) is 5.70 Å². The summed E-state index contributed by atoms with van der Waals surface area (Å²) < 4.78 is 5.71. The number of carbonyl (C=O) groups is 1. The second-order valence-corrected chi connectivity index (χ2v) is 9.40. The van der Waals surface area contributed by atoms with Crippen molar-refractivity contribution in [1.82, 2.24) is 5.32 Å². The average molecular weight is 457 g/mol. The Labute approximate surface area is 204 Å². The van der Waals surface area contributed by atoms with Crippen molar-refractivity contribution in [1.29, 1.82) is 0 Å². The number of nitrogens with zero attached hydrogens (tertiary/aromatic N) is 1. The first-order valence-electron chi connectivity index (χ1n) is 12.2. The van der Waals surface area contributed by atoms with Crippen LogP contribution in [0.15, 0.2) is 60.1 Å². The molecule has 3 rings (SSSR count). The van der Waals surface area contributed by atoms with Crippen molar-refractivity contribution in [2.75, 3.05) is 6.61 Å². The Morgan fingerprint density at radius 3 is 2.56 bits per heavy atom. The molecule has 0 heterocycles. The summed E-state index contributed by atoms with van der Waals surface area (Å²) in [5.41, 5.74) is 4.94. The molecule has 1 N–H and O–H groups in total. The molecule has 0 aromatic heterocycles. The van der Waals surface area contributed by atoms with E-state index in [9.17, 15) is 4.79 Å². The first-order valence-corrected chi connectivity index (χ1v) is 12.2. The second-order valence-electron chi connectivity index (χ2n) is 9.40. The molecule has 1 aliphatic carbocycles. The van der Waals surface area contributed by atoms with Gasteiger partial charge in [0.05, 0.1) is 12.3 Å². The third-order valence-electron chi connectivity index (χ3n) is 5.85. The third kappa shape index (κ3) is 8.32. The monoisotopic (exact) mass is 456 g/mol. The molecule has 0 aliphatic heterocycles. The second kappa shape index (κ2) is 12.9. The van der Waals surface area contributed by atoms with E-state index >= 15 is 0 Å². The van der Waals surface area contributed by atoms with Gasteiger partial charge in [-0.3, -0.25) is 0 Å². The molecule has 0 unspecified atom stereocenters. The molecule has 2 amide bonds. The minimum Gasteiger partial charge on any atom is -0.377 e. The van der Waals surface area contributed by atoms with Gasteiger partial charge in [0.1, 0.15) is 0 Å². The summed E-state index contributed by atoms with van der Waals surface area (Å²) in [5.74, 6) is 7.73. The van der Waals surface area contributed by atoms with E-state index in [-0.39, 0.29) is 0 Å². The fourth-order valence-corrected chi connectivity index (χ4v) is 3.93. The van der Waals surface area contributed by atoms with Crippen LogP contribution in [0.5, 0.6) is 0 Å². The van der Waals surface area contributed by atoms with Gasteiger partial charge in [-0.25, -0.2) is 4.79 Å². The van der Waals surface area contributed by atoms with Crippen LogP contribution >= 0.6 is 0 Å². The van der Waals surface area contributed by atoms with Crippen LogP contribution in [0.2, 0.25) is 0 Å². The maximum Gasteiger partial charge on any atom is 0.345 e. The van der Waals surface area contributed by atoms with E-state index in [2.05, 4.69) is 42.6 Å². The fourth-order valence-electron chi connectivity index (χ4n) is 3.93. The number of ether oxygens (including phenoxy) is 1. The number of urea groups is 1. The number of hydrogen-bond acceptors (Lipinski definition) is 2. The van der Waals surface area contributed by atoms with Gasteiger partial charge in [-0.2, -0.15) is 4.99 Å². The zero-order valence-electron chi connectivity index (χ0n) is 20.7. The largest absolute Gasteiger partial charge is 0.377 e. The molecule has 2 aromatic rings. The molecular formula is C30H36N2O2. The maximum absolute atomic E-state index is 12.5. The van der Waals surface area contributed by atoms with Crippen LogP contribution in [-0.4, -0.2) is 18.3 Å². The lowest BCUT2D eigenvalue weighted by Gasteiger charge is -2.15. The number of rotatable bonds is 7. The first-order chi connectivity index (χ1) is 16.4. The van der Waals surface area contributed by atoms with Gasteiger partial charge in [-0.15, -0.1) is 0 Å². The number of hydrogen-bond donors (Lipinski definition) is 1. The zero-order valence-corrected chi connectivity index (χ0v) is 20.7. The SMILES string of the molecule is C=C(NC(=O)N=C(C)c1ccc(C#CC2CCCCC2)cc1)c1cccc(COCC(C)C)c1. The topological polar surface area (TPSA) is 50.7 Å². The third-order valence-corrected chi connectivity index (χ3v) is 5.85. The van der Waals surface area contributed by atoms with E-state index in [1.54, 1.807) is 0 Å². The van der Waals surface area contributed by atoms with Crippen molar-refractivity contribution in [2.45, 2.75) is 59.5 Å². The molecule has 34 heavy (non-hydrogen) atoms. The molecule has 0 bridgehead atoms. The van der Waals surface area contributed by atoms with Gasteiger partial charge in [0.2, 0.25) is 0 Å². The van der Waals surface area contributed by atoms with Crippen molar-refractivity contribution in [3.63, 3.8) is 0 Å². The quantitative estimate of drug-likeness (QED) is 0.361. The number of benzene rings is 2. The van der Waals surface area contributed by atoms with Crippen LogP contribution in [0.1, 0.15) is 75.1 Å². The van der Waals surface area contributed by atoms with Gasteiger partial charge in [0, 0.05) is 23.8 Å². The smallest absolute Gasteiger partial charge is 0.345 e. The van der Waals surface area contributed by atoms with Crippen LogP contribution in [0.3, 0.4) is 0 Å². The molecule has 1 aliphatic rings. The summed E-state index contributed by atoms with van der Waals surface area (Å²) >= 11 is 0. The predicted molar refractivity (Wildman–Crippen MR) is 141 cm³/mol. The van der Waals surface area contributed by atoms with Gasteiger partial charge >= 0.3 is 6.03 Å². The molecular weight excluding hydrogens is 420 g/mol. The summed E-state index contributed by atoms with van der Waals surface area (Å²) in [7, 11) is 0. The lowest BCUT2D eigenvalue weighted by molar-refractivity contribution is 0.0971. The molecule has 178 valence electrons. The Bertz CT molecular complexity index is 1060. The fraction of sp³-hybridized carbons (Fsp3) is 0.400. The average Bonchev–Trinajstić information content (AvgIpc) is 2.83. The van der Waals surface area contributed by atoms with Crippen molar-refractivity contribution in [3.8, 4) is 11.8 Å². The number of nitrogens with one attached hydrogen (secondary N) is 1. The van der Waals surface area contributed by atoms with Crippen LogP contribution in [0, 0.1) is 23.7 Å². The molecule has 4 heteroatoms. The molecule has 1 fully saturated rings. The van der Waals surface area contributed by atoms with Gasteiger partial charge in [-0.05, 0) is 60.6 Å². The van der Waals surface area contributed by atoms with Gasteiger partial charge < -0.3 is 10.1 Å². The van der Waals surface area contributed by atoms with E-state index in [4.69, 9.17) is 4.74 Å². The maximum atomic E-state index is 12.5. The van der Waals surface area contributed by atoms with E-state index in [1.165, 1.54) is 32.1 Å². The lowest BCUT2D eigenvalue weighted by atomic mass is 9.89. The van der Waals surface area contributed by atoms with E-state index in [0.29, 0.717) is 36.5 Å². The normalized spacial score (nSPS) is 14.4. The number of amides is 2. The molecule has 0 spiro atoms. The summed E-state index contributed by atoms with van der Waals surface area (Å²) in [4.78, 5) is 16.7. The van der Waals surface area contributed by atoms with E-state index < -0.39 is 6.03 Å². The van der Waals surface area contributed by atoms with Gasteiger partial charge in [0.25, 0.3) is 0 Å². The molecule has 1 saturated carbocycles. The summed E-state index contributed by atoms with van der Waals surface area (Å²) in [6.45, 7) is 11.3. The minimum absolute atomic E-state index is 0.440. The van der Waals surface area contributed by atoms with Crippen LogP contribution < -0.4 is 5.32 Å². The predicted octanol–water partition coefficient (Wildman–Crippen LogP) is 6.98. The standard InChI is InChI=1S/C30H36N2O2/c1-22(2)20-34-21-27-11-8-12-29(19-27)24(4)32-30(33)31-23(3)28-17-15-26(16-18-28)14-13-25-9-6-5-7-10-25/h8,11-12,15-19,22,25H,4-7,9-10,20-21H2,1-3H3,(H,32,33). The number of aliphatic imine (C=N–C) groups is 1. The molecule has 2 aromatic carbocycles. The van der Waals surface area contributed by atoms with Crippen LogP contribution in [0.4, 0.5) is 4.79 Å². The Balaban J connectivity index is 1.56. The number of carbonyl (C=O) groups excluding carboxylic acids is 1. The molecule has 0 atom stereocenters.